The van der Waals surface area contributed by atoms with Crippen LogP contribution >= 0.6 is 11.8 Å². The third kappa shape index (κ3) is 9.66. The van der Waals surface area contributed by atoms with Crippen molar-refractivity contribution in [2.75, 3.05) is 18.1 Å². The zero-order valence-corrected chi connectivity index (χ0v) is 33.5. The predicted octanol–water partition coefficient (Wildman–Crippen LogP) is 1.93. The summed E-state index contributed by atoms with van der Waals surface area (Å²) in [5, 5.41) is 24.7. The number of halogens is 2. The highest BCUT2D eigenvalue weighted by Gasteiger charge is 2.50. The summed E-state index contributed by atoms with van der Waals surface area (Å²) in [5.74, 6) is -5.91. The van der Waals surface area contributed by atoms with Crippen molar-refractivity contribution >= 4 is 51.2 Å². The molecule has 1 aromatic carbocycles. The minimum Gasteiger partial charge on any atom is -0.384 e. The van der Waals surface area contributed by atoms with Crippen LogP contribution in [0.3, 0.4) is 0 Å². The van der Waals surface area contributed by atoms with Gasteiger partial charge in [-0.2, -0.15) is 11.8 Å². The number of sulfonamides is 1. The van der Waals surface area contributed by atoms with Crippen molar-refractivity contribution in [1.82, 2.24) is 35.2 Å². The molecule has 1 aromatic heterocycles. The second-order valence-corrected chi connectivity index (χ2v) is 19.2. The summed E-state index contributed by atoms with van der Waals surface area (Å²) in [6, 6.07) is 1.03. The first-order chi connectivity index (χ1) is 26.8. The Bertz CT molecular complexity index is 1950. The molecule has 0 bridgehead atoms. The number of hydrogen-bond donors (Lipinski definition) is 5. The topological polar surface area (TPSA) is 236 Å². The van der Waals surface area contributed by atoms with Crippen molar-refractivity contribution in [1.29, 1.82) is 0 Å². The lowest BCUT2D eigenvalue weighted by Crippen LogP contribution is -2.63. The van der Waals surface area contributed by atoms with Gasteiger partial charge in [0.1, 0.15) is 23.2 Å². The Balaban J connectivity index is 1.27. The van der Waals surface area contributed by atoms with Gasteiger partial charge >= 0.3 is 0 Å². The molecular weight excluding hydrogens is 787 g/mol. The molecule has 2 aliphatic heterocycles. The number of likely N-dealkylation sites (tertiary alicyclic amines) is 1. The summed E-state index contributed by atoms with van der Waals surface area (Å²) in [5.41, 5.74) is 2.88. The molecule has 20 heteroatoms. The number of ketones is 1. The Hall–Kier alpha value is -4.01. The SMILES string of the molecule is CC(C)(O)c1cnnn1[C@H]1C[C@@H](C(=O)NC2(C(=O)C(N)=O)CCSCC2)N(C(=O)C(CC2CCCCC2)NC(=O)c2ccc(S(=O)(=O)NC3CC(F)(F)C3)cc2)C1. The van der Waals surface area contributed by atoms with E-state index in [-0.39, 0.29) is 48.6 Å². The summed E-state index contributed by atoms with van der Waals surface area (Å²) in [4.78, 5) is 69.5. The lowest BCUT2D eigenvalue weighted by Gasteiger charge is -2.37. The van der Waals surface area contributed by atoms with Gasteiger partial charge in [-0.25, -0.2) is 26.6 Å². The van der Waals surface area contributed by atoms with Crippen molar-refractivity contribution in [3.8, 4) is 0 Å². The van der Waals surface area contributed by atoms with Crippen molar-refractivity contribution in [2.45, 2.75) is 131 Å². The predicted molar refractivity (Wildman–Crippen MR) is 203 cm³/mol. The van der Waals surface area contributed by atoms with Crippen molar-refractivity contribution in [3.63, 3.8) is 0 Å². The van der Waals surface area contributed by atoms with E-state index in [1.807, 2.05) is 0 Å². The van der Waals surface area contributed by atoms with Crippen LogP contribution in [-0.2, 0) is 34.8 Å². The molecular formula is C37H50F2N8O8S2. The second kappa shape index (κ2) is 16.7. The molecule has 6 N–H and O–H groups in total. The number of carbonyl (C=O) groups excluding carboxylic acids is 5. The first-order valence-corrected chi connectivity index (χ1v) is 21.9. The summed E-state index contributed by atoms with van der Waals surface area (Å²) in [6.07, 6.45) is 5.34. The van der Waals surface area contributed by atoms with Crippen LogP contribution in [0.25, 0.3) is 0 Å². The van der Waals surface area contributed by atoms with Gasteiger partial charge in [0.25, 0.3) is 17.7 Å². The fraction of sp³-hybridized carbons (Fsp3) is 0.649. The molecule has 4 amide bonds. The maximum Gasteiger partial charge on any atom is 0.287 e. The zero-order valence-electron chi connectivity index (χ0n) is 31.9. The molecule has 4 aliphatic rings. The summed E-state index contributed by atoms with van der Waals surface area (Å²) < 4.78 is 56.0. The zero-order chi connectivity index (χ0) is 41.3. The maximum absolute atomic E-state index is 14.8. The highest BCUT2D eigenvalue weighted by Crippen LogP contribution is 2.38. The summed E-state index contributed by atoms with van der Waals surface area (Å²) in [6.45, 7) is 3.03. The van der Waals surface area contributed by atoms with E-state index in [0.717, 1.165) is 32.1 Å². The van der Waals surface area contributed by atoms with E-state index in [4.69, 9.17) is 5.73 Å². The Morgan fingerprint density at radius 3 is 2.30 bits per heavy atom. The van der Waals surface area contributed by atoms with Gasteiger partial charge in [0, 0.05) is 37.4 Å². The fourth-order valence-corrected chi connectivity index (χ4v) is 10.8. The number of aromatic nitrogens is 3. The van der Waals surface area contributed by atoms with Gasteiger partial charge in [-0.1, -0.05) is 37.3 Å². The van der Waals surface area contributed by atoms with E-state index in [0.29, 0.717) is 17.2 Å². The van der Waals surface area contributed by atoms with E-state index in [2.05, 4.69) is 25.7 Å². The largest absolute Gasteiger partial charge is 0.384 e. The number of hydrogen-bond acceptors (Lipinski definition) is 11. The maximum atomic E-state index is 14.8. The highest BCUT2D eigenvalue weighted by atomic mass is 32.2. The lowest BCUT2D eigenvalue weighted by atomic mass is 9.84. The van der Waals surface area contributed by atoms with Crippen molar-refractivity contribution in [2.24, 2.45) is 11.7 Å². The first kappa shape index (κ1) is 42.6. The molecule has 57 heavy (non-hydrogen) atoms. The van der Waals surface area contributed by atoms with Crippen LogP contribution in [-0.4, -0.2) is 110 Å². The van der Waals surface area contributed by atoms with Crippen LogP contribution in [0.5, 0.6) is 0 Å². The van der Waals surface area contributed by atoms with Gasteiger partial charge in [0.15, 0.2) is 0 Å². The smallest absolute Gasteiger partial charge is 0.287 e. The third-order valence-corrected chi connectivity index (χ3v) is 14.0. The van der Waals surface area contributed by atoms with Crippen LogP contribution in [0.4, 0.5) is 8.78 Å². The molecule has 2 saturated carbocycles. The molecule has 312 valence electrons. The number of alkyl halides is 2. The van der Waals surface area contributed by atoms with Crippen molar-refractivity contribution < 1.29 is 46.3 Å². The molecule has 3 atom stereocenters. The minimum atomic E-state index is -4.14. The van der Waals surface area contributed by atoms with Crippen LogP contribution < -0.4 is 21.1 Å². The minimum absolute atomic E-state index is 0.00612. The third-order valence-electron chi connectivity index (χ3n) is 11.5. The lowest BCUT2D eigenvalue weighted by molar-refractivity contribution is -0.145. The average molecular weight is 837 g/mol. The number of Topliss-reactive ketones (excluding diaryl/α,β-unsaturated/α-hetero) is 1. The Morgan fingerprint density at radius 2 is 1.70 bits per heavy atom. The number of thioether (sulfide) groups is 1. The quantitative estimate of drug-likeness (QED) is 0.173. The molecule has 0 spiro atoms. The van der Waals surface area contributed by atoms with Crippen LogP contribution in [0, 0.1) is 5.92 Å². The summed E-state index contributed by atoms with van der Waals surface area (Å²) in [7, 11) is -4.14. The van der Waals surface area contributed by atoms with E-state index < -0.39 is 93.5 Å². The number of amides is 4. The average Bonchev–Trinajstić information content (AvgIpc) is 3.83. The number of nitrogens with zero attached hydrogens (tertiary/aromatic N) is 4. The Labute approximate surface area is 333 Å². The second-order valence-electron chi connectivity index (χ2n) is 16.3. The van der Waals surface area contributed by atoms with E-state index >= 15 is 0 Å². The van der Waals surface area contributed by atoms with Crippen LogP contribution in [0.15, 0.2) is 35.4 Å². The van der Waals surface area contributed by atoms with Crippen LogP contribution in [0.1, 0.15) is 107 Å². The first-order valence-electron chi connectivity index (χ1n) is 19.3. The highest BCUT2D eigenvalue weighted by molar-refractivity contribution is 7.99. The number of carbonyl (C=O) groups is 5. The number of primary amides is 1. The molecule has 4 fully saturated rings. The molecule has 6 rings (SSSR count). The van der Waals surface area contributed by atoms with Gasteiger partial charge in [0.2, 0.25) is 27.6 Å². The van der Waals surface area contributed by atoms with Gasteiger partial charge in [0.05, 0.1) is 22.8 Å². The van der Waals surface area contributed by atoms with E-state index in [1.165, 1.54) is 40.0 Å². The molecule has 2 aliphatic carbocycles. The monoisotopic (exact) mass is 836 g/mol. The number of nitrogens with two attached hydrogens (primary N) is 1. The van der Waals surface area contributed by atoms with Gasteiger partial charge in [-0.05, 0) is 74.8 Å². The number of benzene rings is 1. The number of rotatable bonds is 14. The molecule has 2 saturated heterocycles. The normalized spacial score (nSPS) is 23.3. The summed E-state index contributed by atoms with van der Waals surface area (Å²) >= 11 is 1.56. The number of nitrogens with one attached hydrogen (secondary N) is 3. The van der Waals surface area contributed by atoms with Gasteiger partial charge < -0.3 is 26.4 Å². The molecule has 2 aromatic rings. The number of aliphatic hydroxyl groups is 1. The van der Waals surface area contributed by atoms with Crippen molar-refractivity contribution in [3.05, 3.63) is 41.7 Å². The van der Waals surface area contributed by atoms with Crippen LogP contribution in [0.2, 0.25) is 0 Å². The molecule has 3 heterocycles. The van der Waals surface area contributed by atoms with Gasteiger partial charge in [-0.3, -0.25) is 24.0 Å². The van der Waals surface area contributed by atoms with E-state index in [1.54, 1.807) is 25.6 Å². The Morgan fingerprint density at radius 1 is 1.05 bits per heavy atom. The van der Waals surface area contributed by atoms with Gasteiger partial charge in [-0.15, -0.1) is 5.10 Å². The Kier molecular flexibility index (Phi) is 12.5. The molecule has 16 nitrogen and oxygen atoms in total. The fourth-order valence-electron chi connectivity index (χ4n) is 8.36. The molecule has 1 unspecified atom stereocenters. The standard InChI is InChI=1S/C37H50F2N8O8S2/c1-35(2,53)29-20-41-45-47(29)25-17-28(33(51)43-36(30(48)31(40)49)12-14-56-15-13-36)46(21-25)34(52)27(16-22-6-4-3-5-7-22)42-32(50)23-8-10-26(11-9-23)57(54,55)44-24-18-37(38,39)19-24/h8-11,20,22,24-25,27-28,44,53H,3-7,12-19,21H2,1-2H3,(H2,40,49)(H,42,50)(H,43,51)/t25-,27?,28-/m0/s1. The van der Waals surface area contributed by atoms with E-state index in [9.17, 15) is 46.3 Å². The molecule has 0 radical (unpaired) electrons.